The van der Waals surface area contributed by atoms with E-state index in [0.29, 0.717) is 0 Å². The summed E-state index contributed by atoms with van der Waals surface area (Å²) < 4.78 is 0. The Bertz CT molecular complexity index is 124. The number of piperidine rings is 2. The summed E-state index contributed by atoms with van der Waals surface area (Å²) in [7, 11) is 2.09. The third-order valence-electron chi connectivity index (χ3n) is 3.11. The molecule has 0 aromatic rings. The van der Waals surface area contributed by atoms with Crippen molar-refractivity contribution in [1.82, 2.24) is 10.2 Å². The van der Waals surface area contributed by atoms with Crippen LogP contribution in [0.3, 0.4) is 0 Å². The summed E-state index contributed by atoms with van der Waals surface area (Å²) >= 11 is 0. The van der Waals surface area contributed by atoms with E-state index in [1.54, 1.807) is 0 Å². The van der Waals surface area contributed by atoms with Crippen molar-refractivity contribution in [2.45, 2.75) is 25.3 Å². The molecule has 1 unspecified atom stereocenters. The van der Waals surface area contributed by atoms with Crippen LogP contribution in [0.5, 0.6) is 0 Å². The van der Waals surface area contributed by atoms with Gasteiger partial charge >= 0.3 is 0 Å². The van der Waals surface area contributed by atoms with Gasteiger partial charge in [-0.3, -0.25) is 0 Å². The van der Waals surface area contributed by atoms with Gasteiger partial charge in [0, 0.05) is 19.1 Å². The summed E-state index contributed by atoms with van der Waals surface area (Å²) in [5, 5.41) is 3.39. The van der Waals surface area contributed by atoms with Crippen LogP contribution in [-0.2, 0) is 0 Å². The molecule has 2 aliphatic heterocycles. The van der Waals surface area contributed by atoms with E-state index in [1.807, 2.05) is 0 Å². The van der Waals surface area contributed by atoms with Gasteiger partial charge in [-0.05, 0) is 38.8 Å². The maximum absolute atomic E-state index is 3.39. The Balaban J connectivity index is 1.94. The summed E-state index contributed by atoms with van der Waals surface area (Å²) in [6.07, 6.45) is 4.31. The number of hydrogen-bond acceptors (Lipinski definition) is 2. The monoisotopic (exact) mass is 154 g/mol. The molecule has 2 heterocycles. The lowest BCUT2D eigenvalue weighted by molar-refractivity contribution is 0.100. The molecular weight excluding hydrogens is 136 g/mol. The van der Waals surface area contributed by atoms with E-state index in [9.17, 15) is 0 Å². The van der Waals surface area contributed by atoms with Crippen molar-refractivity contribution in [1.29, 1.82) is 0 Å². The highest BCUT2D eigenvalue weighted by Gasteiger charge is 2.28. The van der Waals surface area contributed by atoms with Crippen molar-refractivity contribution >= 4 is 0 Å². The van der Waals surface area contributed by atoms with Gasteiger partial charge in [-0.1, -0.05) is 0 Å². The van der Waals surface area contributed by atoms with Gasteiger partial charge in [-0.15, -0.1) is 0 Å². The maximum Gasteiger partial charge on any atom is 0.0195 e. The average molecular weight is 154 g/mol. The van der Waals surface area contributed by atoms with Crippen molar-refractivity contribution in [3.05, 3.63) is 0 Å². The first-order chi connectivity index (χ1) is 5.38. The summed E-state index contributed by atoms with van der Waals surface area (Å²) in [5.74, 6) is 0.995. The normalized spacial score (nSPS) is 43.9. The zero-order valence-corrected chi connectivity index (χ0v) is 7.34. The fraction of sp³-hybridized carbons (Fsp3) is 1.00. The Hall–Kier alpha value is -0.0800. The van der Waals surface area contributed by atoms with Gasteiger partial charge in [0.05, 0.1) is 0 Å². The van der Waals surface area contributed by atoms with Crippen molar-refractivity contribution in [3.8, 4) is 0 Å². The first kappa shape index (κ1) is 7.56. The highest BCUT2D eigenvalue weighted by Crippen LogP contribution is 2.25. The van der Waals surface area contributed by atoms with E-state index in [2.05, 4.69) is 17.3 Å². The summed E-state index contributed by atoms with van der Waals surface area (Å²) in [6.45, 7) is 4.00. The van der Waals surface area contributed by atoms with Gasteiger partial charge < -0.3 is 10.2 Å². The molecule has 2 fully saturated rings. The highest BCUT2D eigenvalue weighted by atomic mass is 15.2. The van der Waals surface area contributed by atoms with Gasteiger partial charge in [-0.25, -0.2) is 0 Å². The Morgan fingerprint density at radius 3 is 3.00 bits per heavy atom. The van der Waals surface area contributed by atoms with Crippen molar-refractivity contribution in [3.63, 3.8) is 0 Å². The van der Waals surface area contributed by atoms with Crippen molar-refractivity contribution in [2.24, 2.45) is 5.92 Å². The Morgan fingerprint density at radius 1 is 1.36 bits per heavy atom. The van der Waals surface area contributed by atoms with Crippen molar-refractivity contribution in [2.75, 3.05) is 26.7 Å². The molecule has 2 bridgehead atoms. The van der Waals surface area contributed by atoms with Crippen LogP contribution in [0, 0.1) is 5.92 Å². The second-order valence-electron chi connectivity index (χ2n) is 3.99. The van der Waals surface area contributed by atoms with E-state index in [0.717, 1.165) is 12.0 Å². The summed E-state index contributed by atoms with van der Waals surface area (Å²) in [4.78, 5) is 2.61. The fourth-order valence-corrected chi connectivity index (χ4v) is 2.51. The molecule has 0 aliphatic carbocycles. The van der Waals surface area contributed by atoms with E-state index >= 15 is 0 Å². The lowest BCUT2D eigenvalue weighted by Crippen LogP contribution is -2.50. The first-order valence-corrected chi connectivity index (χ1v) is 4.78. The highest BCUT2D eigenvalue weighted by molar-refractivity contribution is 4.85. The van der Waals surface area contributed by atoms with Crippen LogP contribution in [0.15, 0.2) is 0 Å². The molecule has 1 N–H and O–H groups in total. The number of nitrogens with zero attached hydrogens (tertiary/aromatic N) is 1. The zero-order chi connectivity index (χ0) is 7.68. The molecule has 0 saturated carbocycles. The van der Waals surface area contributed by atoms with Crippen LogP contribution in [-0.4, -0.2) is 37.6 Å². The molecule has 2 nitrogen and oxygen atoms in total. The molecule has 2 saturated heterocycles. The molecule has 0 amide bonds. The maximum atomic E-state index is 3.39. The van der Waals surface area contributed by atoms with E-state index in [1.165, 1.54) is 38.9 Å². The summed E-state index contributed by atoms with van der Waals surface area (Å²) in [5.41, 5.74) is 0. The third-order valence-corrected chi connectivity index (χ3v) is 3.11. The first-order valence-electron chi connectivity index (χ1n) is 4.78. The van der Waals surface area contributed by atoms with Gasteiger partial charge in [0.2, 0.25) is 0 Å². The molecule has 0 aromatic carbocycles. The SMILES string of the molecule is CN[C@@H]1C[C@H]2CCCN(C2)C1. The minimum atomic E-state index is 0.772. The lowest BCUT2D eigenvalue weighted by atomic mass is 9.87. The van der Waals surface area contributed by atoms with E-state index in [-0.39, 0.29) is 0 Å². The molecule has 2 aliphatic rings. The van der Waals surface area contributed by atoms with Gasteiger partial charge in [0.1, 0.15) is 0 Å². The van der Waals surface area contributed by atoms with Gasteiger partial charge in [0.15, 0.2) is 0 Å². The van der Waals surface area contributed by atoms with Crippen LogP contribution < -0.4 is 5.32 Å². The van der Waals surface area contributed by atoms with Crippen LogP contribution in [0.25, 0.3) is 0 Å². The van der Waals surface area contributed by atoms with Crippen LogP contribution in [0.1, 0.15) is 19.3 Å². The van der Waals surface area contributed by atoms with Crippen LogP contribution >= 0.6 is 0 Å². The lowest BCUT2D eigenvalue weighted by Gasteiger charge is -2.41. The Kier molecular flexibility index (Phi) is 2.14. The largest absolute Gasteiger partial charge is 0.316 e. The number of likely N-dealkylation sites (N-methyl/N-ethyl adjacent to an activating group) is 1. The minimum Gasteiger partial charge on any atom is -0.316 e. The Morgan fingerprint density at radius 2 is 2.27 bits per heavy atom. The zero-order valence-electron chi connectivity index (χ0n) is 7.34. The summed E-state index contributed by atoms with van der Waals surface area (Å²) in [6, 6.07) is 0.772. The fourth-order valence-electron chi connectivity index (χ4n) is 2.51. The average Bonchev–Trinajstić information content (AvgIpc) is 2.03. The number of rotatable bonds is 1. The third kappa shape index (κ3) is 1.57. The second kappa shape index (κ2) is 3.11. The molecular formula is C9H18N2. The molecule has 64 valence electrons. The van der Waals surface area contributed by atoms with Gasteiger partial charge in [-0.2, -0.15) is 0 Å². The predicted octanol–water partition coefficient (Wildman–Crippen LogP) is 0.690. The van der Waals surface area contributed by atoms with Crippen LogP contribution in [0.4, 0.5) is 0 Å². The van der Waals surface area contributed by atoms with E-state index in [4.69, 9.17) is 0 Å². The quantitative estimate of drug-likeness (QED) is 0.598. The van der Waals surface area contributed by atoms with E-state index < -0.39 is 0 Å². The molecule has 0 aromatic heterocycles. The second-order valence-corrected chi connectivity index (χ2v) is 3.99. The molecule has 0 radical (unpaired) electrons. The standard InChI is InChI=1S/C9H18N2/c1-10-9-5-8-3-2-4-11(6-8)7-9/h8-10H,2-7H2,1H3/t8-,9-/m1/s1. The number of hydrogen-bond donors (Lipinski definition) is 1. The molecule has 2 rings (SSSR count). The molecule has 2 heteroatoms. The predicted molar refractivity (Wildman–Crippen MR) is 46.6 cm³/mol. The van der Waals surface area contributed by atoms with Crippen LogP contribution in [0.2, 0.25) is 0 Å². The molecule has 11 heavy (non-hydrogen) atoms. The smallest absolute Gasteiger partial charge is 0.0195 e. The molecule has 0 spiro atoms. The molecule has 3 atom stereocenters. The van der Waals surface area contributed by atoms with Gasteiger partial charge in [0.25, 0.3) is 0 Å². The number of fused-ring (bicyclic) bond motifs is 2. The Labute approximate surface area is 69.0 Å². The topological polar surface area (TPSA) is 15.3 Å². The number of nitrogens with one attached hydrogen (secondary N) is 1. The minimum absolute atomic E-state index is 0.772. The van der Waals surface area contributed by atoms with Crippen molar-refractivity contribution < 1.29 is 0 Å².